The van der Waals surface area contributed by atoms with E-state index < -0.39 is 0 Å². The largest absolute Gasteiger partial charge is 0.314 e. The average Bonchev–Trinajstić information content (AvgIpc) is 2.88. The van der Waals surface area contributed by atoms with E-state index in [-0.39, 0.29) is 5.82 Å². The molecule has 1 aliphatic carbocycles. The van der Waals surface area contributed by atoms with Crippen LogP contribution in [-0.2, 0) is 6.54 Å². The minimum Gasteiger partial charge on any atom is -0.314 e. The highest BCUT2D eigenvalue weighted by Crippen LogP contribution is 2.38. The van der Waals surface area contributed by atoms with Crippen LogP contribution < -0.4 is 5.32 Å². The average molecular weight is 292 g/mol. The van der Waals surface area contributed by atoms with Gasteiger partial charge in [0.1, 0.15) is 5.82 Å². The minimum absolute atomic E-state index is 0.158. The third-order valence-electron chi connectivity index (χ3n) is 4.52. The van der Waals surface area contributed by atoms with Crippen molar-refractivity contribution in [3.05, 3.63) is 35.6 Å². The van der Waals surface area contributed by atoms with Crippen molar-refractivity contribution in [2.24, 2.45) is 5.41 Å². The number of nitrogens with zero attached hydrogens (tertiary/aromatic N) is 1. The van der Waals surface area contributed by atoms with Crippen molar-refractivity contribution in [1.29, 1.82) is 0 Å². The van der Waals surface area contributed by atoms with E-state index in [1.807, 2.05) is 12.1 Å². The summed E-state index contributed by atoms with van der Waals surface area (Å²) in [5.74, 6) is -0.158. The number of halogens is 1. The van der Waals surface area contributed by atoms with Crippen LogP contribution in [0.1, 0.15) is 45.1 Å². The highest BCUT2D eigenvalue weighted by molar-refractivity contribution is 5.15. The monoisotopic (exact) mass is 292 g/mol. The van der Waals surface area contributed by atoms with E-state index in [1.54, 1.807) is 12.1 Å². The van der Waals surface area contributed by atoms with Gasteiger partial charge in [-0.1, -0.05) is 38.8 Å². The molecule has 0 radical (unpaired) electrons. The first-order valence-corrected chi connectivity index (χ1v) is 8.15. The second-order valence-corrected chi connectivity index (χ2v) is 7.04. The molecule has 3 heteroatoms. The summed E-state index contributed by atoms with van der Waals surface area (Å²) in [5, 5.41) is 3.63. The van der Waals surface area contributed by atoms with Gasteiger partial charge in [0.2, 0.25) is 0 Å². The first kappa shape index (κ1) is 16.4. The maximum absolute atomic E-state index is 13.0. The van der Waals surface area contributed by atoms with E-state index in [1.165, 1.54) is 31.2 Å². The summed E-state index contributed by atoms with van der Waals surface area (Å²) in [6, 6.07) is 7.42. The number of hydrogen-bond donors (Lipinski definition) is 1. The first-order valence-electron chi connectivity index (χ1n) is 8.15. The predicted octanol–water partition coefficient (Wildman–Crippen LogP) is 3.82. The summed E-state index contributed by atoms with van der Waals surface area (Å²) in [4.78, 5) is 2.39. The fourth-order valence-corrected chi connectivity index (χ4v) is 3.47. The van der Waals surface area contributed by atoms with Crippen molar-refractivity contribution in [3.63, 3.8) is 0 Å². The topological polar surface area (TPSA) is 15.3 Å². The fourth-order valence-electron chi connectivity index (χ4n) is 3.47. The Balaban J connectivity index is 1.91. The quantitative estimate of drug-likeness (QED) is 0.822. The lowest BCUT2D eigenvalue weighted by Gasteiger charge is -2.34. The molecule has 0 amide bonds. The van der Waals surface area contributed by atoms with Gasteiger partial charge in [0.15, 0.2) is 0 Å². The maximum Gasteiger partial charge on any atom is 0.123 e. The van der Waals surface area contributed by atoms with Crippen molar-refractivity contribution in [2.75, 3.05) is 20.1 Å². The highest BCUT2D eigenvalue weighted by Gasteiger charge is 2.34. The zero-order chi connectivity index (χ0) is 15.3. The van der Waals surface area contributed by atoms with Gasteiger partial charge in [-0.15, -0.1) is 0 Å². The summed E-state index contributed by atoms with van der Waals surface area (Å²) >= 11 is 0. The van der Waals surface area contributed by atoms with Gasteiger partial charge in [-0.3, -0.25) is 0 Å². The Kier molecular flexibility index (Phi) is 5.77. The summed E-state index contributed by atoms with van der Waals surface area (Å²) in [7, 11) is 2.18. The van der Waals surface area contributed by atoms with Gasteiger partial charge in [-0.05, 0) is 43.0 Å². The third-order valence-corrected chi connectivity index (χ3v) is 4.52. The van der Waals surface area contributed by atoms with E-state index in [0.29, 0.717) is 11.5 Å². The zero-order valence-electron chi connectivity index (χ0n) is 13.7. The predicted molar refractivity (Wildman–Crippen MR) is 86.8 cm³/mol. The molecule has 2 nitrogen and oxygen atoms in total. The van der Waals surface area contributed by atoms with E-state index in [0.717, 1.165) is 19.6 Å². The second kappa shape index (κ2) is 7.37. The van der Waals surface area contributed by atoms with Gasteiger partial charge in [0.25, 0.3) is 0 Å². The van der Waals surface area contributed by atoms with Gasteiger partial charge in [0.05, 0.1) is 0 Å². The molecule has 0 heterocycles. The molecule has 1 saturated carbocycles. The highest BCUT2D eigenvalue weighted by atomic mass is 19.1. The van der Waals surface area contributed by atoms with Crippen molar-refractivity contribution >= 4 is 0 Å². The summed E-state index contributed by atoms with van der Waals surface area (Å²) in [5.41, 5.74) is 1.60. The van der Waals surface area contributed by atoms with Crippen LogP contribution in [0.25, 0.3) is 0 Å². The van der Waals surface area contributed by atoms with Crippen LogP contribution in [0.3, 0.4) is 0 Å². The van der Waals surface area contributed by atoms with Gasteiger partial charge in [-0.2, -0.15) is 0 Å². The number of nitrogens with one attached hydrogen (secondary N) is 1. The molecule has 0 unspecified atom stereocenters. The van der Waals surface area contributed by atoms with Crippen LogP contribution in [0.5, 0.6) is 0 Å². The molecule has 1 aromatic carbocycles. The van der Waals surface area contributed by atoms with Gasteiger partial charge in [-0.25, -0.2) is 4.39 Å². The molecule has 1 aromatic rings. The molecule has 2 rings (SSSR count). The molecule has 0 bridgehead atoms. The van der Waals surface area contributed by atoms with E-state index >= 15 is 0 Å². The standard InChI is InChI=1S/C18H29FN2/c1-15(2)20-13-18(10-4-5-11-18)14-21(3)12-16-6-8-17(19)9-7-16/h6-9,15,20H,4-5,10-14H2,1-3H3. The molecule has 21 heavy (non-hydrogen) atoms. The summed E-state index contributed by atoms with van der Waals surface area (Å²) in [6.45, 7) is 7.54. The fraction of sp³-hybridized carbons (Fsp3) is 0.667. The Bertz CT molecular complexity index is 421. The van der Waals surface area contributed by atoms with Crippen LogP contribution in [0.15, 0.2) is 24.3 Å². The molecular formula is C18H29FN2. The third kappa shape index (κ3) is 5.08. The molecule has 118 valence electrons. The van der Waals surface area contributed by atoms with Crippen molar-refractivity contribution < 1.29 is 4.39 Å². The van der Waals surface area contributed by atoms with Crippen LogP contribution in [0.2, 0.25) is 0 Å². The van der Waals surface area contributed by atoms with Gasteiger partial charge in [0, 0.05) is 25.7 Å². The summed E-state index contributed by atoms with van der Waals surface area (Å²) < 4.78 is 13.0. The van der Waals surface area contributed by atoms with Crippen LogP contribution in [0.4, 0.5) is 4.39 Å². The lowest BCUT2D eigenvalue weighted by Crippen LogP contribution is -2.43. The molecular weight excluding hydrogens is 263 g/mol. The Labute approximate surface area is 128 Å². The Morgan fingerprint density at radius 3 is 2.38 bits per heavy atom. The molecule has 0 aliphatic heterocycles. The van der Waals surface area contributed by atoms with Crippen molar-refractivity contribution in [2.45, 2.75) is 52.1 Å². The van der Waals surface area contributed by atoms with Crippen LogP contribution in [0, 0.1) is 11.2 Å². The zero-order valence-corrected chi connectivity index (χ0v) is 13.7. The lowest BCUT2D eigenvalue weighted by molar-refractivity contribution is 0.164. The Morgan fingerprint density at radius 2 is 1.81 bits per heavy atom. The van der Waals surface area contributed by atoms with Gasteiger partial charge >= 0.3 is 0 Å². The maximum atomic E-state index is 13.0. The Morgan fingerprint density at radius 1 is 1.19 bits per heavy atom. The van der Waals surface area contributed by atoms with Crippen molar-refractivity contribution in [1.82, 2.24) is 10.2 Å². The lowest BCUT2D eigenvalue weighted by atomic mass is 9.85. The molecule has 1 fully saturated rings. The number of rotatable bonds is 7. The molecule has 0 saturated heterocycles. The van der Waals surface area contributed by atoms with Gasteiger partial charge < -0.3 is 10.2 Å². The number of benzene rings is 1. The minimum atomic E-state index is -0.158. The SMILES string of the molecule is CC(C)NCC1(CN(C)Cc2ccc(F)cc2)CCCC1. The molecule has 1 N–H and O–H groups in total. The molecule has 0 spiro atoms. The van der Waals surface area contributed by atoms with Crippen LogP contribution >= 0.6 is 0 Å². The van der Waals surface area contributed by atoms with E-state index in [2.05, 4.69) is 31.1 Å². The molecule has 0 atom stereocenters. The summed E-state index contributed by atoms with van der Waals surface area (Å²) in [6.07, 6.45) is 5.34. The van der Waals surface area contributed by atoms with Crippen molar-refractivity contribution in [3.8, 4) is 0 Å². The Hall–Kier alpha value is -0.930. The molecule has 0 aromatic heterocycles. The van der Waals surface area contributed by atoms with E-state index in [4.69, 9.17) is 0 Å². The normalized spacial score (nSPS) is 17.8. The smallest absolute Gasteiger partial charge is 0.123 e. The van der Waals surface area contributed by atoms with Crippen LogP contribution in [-0.4, -0.2) is 31.1 Å². The number of hydrogen-bond acceptors (Lipinski definition) is 2. The molecule has 1 aliphatic rings. The van der Waals surface area contributed by atoms with E-state index in [9.17, 15) is 4.39 Å². The first-order chi connectivity index (χ1) is 9.99. The second-order valence-electron chi connectivity index (χ2n) is 7.04.